The molecular weight excluding hydrogens is 230 g/mol. The molecule has 2 aromatic rings. The van der Waals surface area contributed by atoms with Crippen molar-refractivity contribution in [3.05, 3.63) is 47.8 Å². The van der Waals surface area contributed by atoms with Crippen molar-refractivity contribution < 1.29 is 9.53 Å². The number of benzene rings is 1. The number of nitrogen functional groups attached to an aromatic ring is 1. The Morgan fingerprint density at radius 2 is 2.06 bits per heavy atom. The van der Waals surface area contributed by atoms with Gasteiger partial charge in [0.25, 0.3) is 0 Å². The number of aryl methyl sites for hydroxylation is 1. The Kier molecular flexibility index (Phi) is 3.14. The first-order chi connectivity index (χ1) is 8.58. The second kappa shape index (κ2) is 4.75. The summed E-state index contributed by atoms with van der Waals surface area (Å²) in [6.07, 6.45) is 1.67. The maximum absolute atomic E-state index is 11.1. The molecule has 0 fully saturated rings. The van der Waals surface area contributed by atoms with Gasteiger partial charge in [0.1, 0.15) is 5.75 Å². The van der Waals surface area contributed by atoms with Gasteiger partial charge in [0, 0.05) is 11.8 Å². The Bertz CT molecular complexity index is 597. The summed E-state index contributed by atoms with van der Waals surface area (Å²) in [5.41, 5.74) is 12.5. The molecule has 92 valence electrons. The van der Waals surface area contributed by atoms with Gasteiger partial charge in [0.2, 0.25) is 5.91 Å². The highest BCUT2D eigenvalue weighted by atomic mass is 16.5. The van der Waals surface area contributed by atoms with Crippen LogP contribution in [0.5, 0.6) is 11.5 Å². The minimum absolute atomic E-state index is 0.348. The van der Waals surface area contributed by atoms with Crippen LogP contribution in [-0.2, 0) is 0 Å². The summed E-state index contributed by atoms with van der Waals surface area (Å²) in [4.78, 5) is 15.2. The molecule has 18 heavy (non-hydrogen) atoms. The fraction of sp³-hybridized carbons (Fsp3) is 0.0769. The molecule has 0 aliphatic rings. The van der Waals surface area contributed by atoms with Crippen molar-refractivity contribution in [2.24, 2.45) is 5.73 Å². The largest absolute Gasteiger partial charge is 0.453 e. The maximum atomic E-state index is 11.1. The minimum Gasteiger partial charge on any atom is -0.453 e. The van der Waals surface area contributed by atoms with Crippen molar-refractivity contribution in [2.45, 2.75) is 6.92 Å². The molecule has 1 heterocycles. The van der Waals surface area contributed by atoms with E-state index in [0.29, 0.717) is 22.7 Å². The van der Waals surface area contributed by atoms with E-state index in [9.17, 15) is 4.79 Å². The average Bonchev–Trinajstić information content (AvgIpc) is 2.34. The van der Waals surface area contributed by atoms with Crippen molar-refractivity contribution in [2.75, 3.05) is 5.73 Å². The lowest BCUT2D eigenvalue weighted by Gasteiger charge is -2.10. The van der Waals surface area contributed by atoms with Crippen molar-refractivity contribution in [1.29, 1.82) is 0 Å². The van der Waals surface area contributed by atoms with Crippen LogP contribution >= 0.6 is 0 Å². The average molecular weight is 243 g/mol. The van der Waals surface area contributed by atoms with Crippen LogP contribution in [0.1, 0.15) is 16.1 Å². The lowest BCUT2D eigenvalue weighted by Crippen LogP contribution is -2.11. The molecule has 0 bridgehead atoms. The number of hydrogen-bond acceptors (Lipinski definition) is 4. The fourth-order valence-corrected chi connectivity index (χ4v) is 1.47. The van der Waals surface area contributed by atoms with E-state index in [4.69, 9.17) is 16.2 Å². The number of aromatic nitrogens is 1. The molecule has 0 unspecified atom stereocenters. The number of carbonyl (C=O) groups excluding carboxylic acids is 1. The summed E-state index contributed by atoms with van der Waals surface area (Å²) in [5, 5.41) is 0. The van der Waals surface area contributed by atoms with Gasteiger partial charge in [-0.2, -0.15) is 0 Å². The van der Waals surface area contributed by atoms with Crippen LogP contribution in [0.15, 0.2) is 36.5 Å². The van der Waals surface area contributed by atoms with E-state index in [1.54, 1.807) is 30.5 Å². The number of pyridine rings is 1. The van der Waals surface area contributed by atoms with E-state index >= 15 is 0 Å². The van der Waals surface area contributed by atoms with E-state index in [2.05, 4.69) is 4.98 Å². The Morgan fingerprint density at radius 3 is 2.72 bits per heavy atom. The Labute approximate surface area is 104 Å². The van der Waals surface area contributed by atoms with E-state index in [1.807, 2.05) is 6.92 Å². The Morgan fingerprint density at radius 1 is 1.28 bits per heavy atom. The third kappa shape index (κ3) is 2.40. The van der Waals surface area contributed by atoms with Gasteiger partial charge in [-0.05, 0) is 37.3 Å². The van der Waals surface area contributed by atoms with Gasteiger partial charge in [-0.1, -0.05) is 0 Å². The van der Waals surface area contributed by atoms with Crippen molar-refractivity contribution in [3.63, 3.8) is 0 Å². The van der Waals surface area contributed by atoms with Gasteiger partial charge in [-0.3, -0.25) is 9.78 Å². The number of hydrogen-bond donors (Lipinski definition) is 2. The standard InChI is InChI=1S/C13H13N3O2/c1-8-11(3-2-6-16-8)18-12-7-9(13(15)17)4-5-10(12)14/h2-7H,14H2,1H3,(H2,15,17). The van der Waals surface area contributed by atoms with Crippen LogP contribution in [0.3, 0.4) is 0 Å². The van der Waals surface area contributed by atoms with Crippen molar-refractivity contribution >= 4 is 11.6 Å². The fourth-order valence-electron chi connectivity index (χ4n) is 1.47. The summed E-state index contributed by atoms with van der Waals surface area (Å²) >= 11 is 0. The van der Waals surface area contributed by atoms with Crippen LogP contribution in [0.4, 0.5) is 5.69 Å². The van der Waals surface area contributed by atoms with E-state index in [0.717, 1.165) is 5.69 Å². The third-order valence-electron chi connectivity index (χ3n) is 2.48. The lowest BCUT2D eigenvalue weighted by molar-refractivity contribution is 0.1000. The molecule has 0 spiro atoms. The number of nitrogens with zero attached hydrogens (tertiary/aromatic N) is 1. The number of anilines is 1. The van der Waals surface area contributed by atoms with Crippen LogP contribution in [0.25, 0.3) is 0 Å². The van der Waals surface area contributed by atoms with Crippen LogP contribution in [0.2, 0.25) is 0 Å². The smallest absolute Gasteiger partial charge is 0.248 e. The first-order valence-corrected chi connectivity index (χ1v) is 5.36. The second-order valence-electron chi connectivity index (χ2n) is 3.81. The summed E-state index contributed by atoms with van der Waals surface area (Å²) in [5.74, 6) is 0.455. The number of carbonyl (C=O) groups is 1. The molecule has 0 saturated heterocycles. The lowest BCUT2D eigenvalue weighted by atomic mass is 10.2. The van der Waals surface area contributed by atoms with Crippen LogP contribution in [0, 0.1) is 6.92 Å². The highest BCUT2D eigenvalue weighted by Gasteiger charge is 2.08. The Balaban J connectivity index is 2.37. The van der Waals surface area contributed by atoms with E-state index < -0.39 is 5.91 Å². The molecule has 2 rings (SSSR count). The molecule has 0 saturated carbocycles. The molecule has 0 aliphatic heterocycles. The number of ether oxygens (including phenoxy) is 1. The first kappa shape index (κ1) is 11.9. The zero-order valence-electron chi connectivity index (χ0n) is 9.88. The van der Waals surface area contributed by atoms with Gasteiger partial charge in [0.15, 0.2) is 5.75 Å². The monoisotopic (exact) mass is 243 g/mol. The third-order valence-corrected chi connectivity index (χ3v) is 2.48. The molecule has 0 radical (unpaired) electrons. The van der Waals surface area contributed by atoms with Crippen LogP contribution < -0.4 is 16.2 Å². The molecule has 5 nitrogen and oxygen atoms in total. The summed E-state index contributed by atoms with van der Waals surface area (Å²) in [7, 11) is 0. The highest BCUT2D eigenvalue weighted by molar-refractivity contribution is 5.93. The topological polar surface area (TPSA) is 91.2 Å². The summed E-state index contributed by atoms with van der Waals surface area (Å²) in [6.45, 7) is 1.82. The number of rotatable bonds is 3. The van der Waals surface area contributed by atoms with Gasteiger partial charge < -0.3 is 16.2 Å². The SMILES string of the molecule is Cc1ncccc1Oc1cc(C(N)=O)ccc1N. The number of nitrogens with two attached hydrogens (primary N) is 2. The zero-order valence-corrected chi connectivity index (χ0v) is 9.88. The van der Waals surface area contributed by atoms with E-state index in [1.165, 1.54) is 6.07 Å². The molecule has 1 aromatic carbocycles. The van der Waals surface area contributed by atoms with Crippen molar-refractivity contribution in [1.82, 2.24) is 4.98 Å². The molecule has 5 heteroatoms. The highest BCUT2D eigenvalue weighted by Crippen LogP contribution is 2.29. The quantitative estimate of drug-likeness (QED) is 0.805. The van der Waals surface area contributed by atoms with Gasteiger partial charge in [-0.15, -0.1) is 0 Å². The maximum Gasteiger partial charge on any atom is 0.248 e. The predicted molar refractivity (Wildman–Crippen MR) is 68.4 cm³/mol. The Hall–Kier alpha value is -2.56. The number of amides is 1. The molecule has 0 atom stereocenters. The molecular formula is C13H13N3O2. The molecule has 1 amide bonds. The van der Waals surface area contributed by atoms with Crippen molar-refractivity contribution in [3.8, 4) is 11.5 Å². The normalized spacial score (nSPS) is 10.1. The molecule has 0 aliphatic carbocycles. The second-order valence-corrected chi connectivity index (χ2v) is 3.81. The predicted octanol–water partition coefficient (Wildman–Crippen LogP) is 1.86. The molecule has 4 N–H and O–H groups in total. The van der Waals surface area contributed by atoms with E-state index in [-0.39, 0.29) is 0 Å². The molecule has 1 aromatic heterocycles. The van der Waals surface area contributed by atoms with Gasteiger partial charge in [-0.25, -0.2) is 0 Å². The minimum atomic E-state index is -0.525. The summed E-state index contributed by atoms with van der Waals surface area (Å²) in [6, 6.07) is 8.20. The summed E-state index contributed by atoms with van der Waals surface area (Å²) < 4.78 is 5.64. The first-order valence-electron chi connectivity index (χ1n) is 5.36. The van der Waals surface area contributed by atoms with Gasteiger partial charge in [0.05, 0.1) is 11.4 Å². The van der Waals surface area contributed by atoms with Crippen LogP contribution in [-0.4, -0.2) is 10.9 Å². The van der Waals surface area contributed by atoms with Gasteiger partial charge >= 0.3 is 0 Å². The number of primary amides is 1. The zero-order chi connectivity index (χ0) is 13.1.